The van der Waals surface area contributed by atoms with Gasteiger partial charge in [-0.1, -0.05) is 30.3 Å². The standard InChI is InChI=1S/C21H23N3O2/c1-2-26-20-10-6-5-9-19(20)22-13-15-23(16-14-22)21(25)24-12-11-17-7-3-4-8-18(17)24/h3-12H,2,13-16H2,1H3. The van der Waals surface area contributed by atoms with Crippen molar-refractivity contribution < 1.29 is 9.53 Å². The van der Waals surface area contributed by atoms with Crippen molar-refractivity contribution in [2.24, 2.45) is 0 Å². The largest absolute Gasteiger partial charge is 0.492 e. The summed E-state index contributed by atoms with van der Waals surface area (Å²) in [4.78, 5) is 17.2. The summed E-state index contributed by atoms with van der Waals surface area (Å²) in [6, 6.07) is 18.1. The van der Waals surface area contributed by atoms with Crippen molar-refractivity contribution in [2.45, 2.75) is 6.92 Å². The molecule has 1 fully saturated rings. The molecular formula is C21H23N3O2. The van der Waals surface area contributed by atoms with E-state index in [1.165, 1.54) is 0 Å². The number of hydrogen-bond donors (Lipinski definition) is 0. The van der Waals surface area contributed by atoms with Crippen molar-refractivity contribution in [3.05, 3.63) is 60.8 Å². The molecular weight excluding hydrogens is 326 g/mol. The first kappa shape index (κ1) is 16.5. The number of piperazine rings is 1. The van der Waals surface area contributed by atoms with Gasteiger partial charge in [0.1, 0.15) is 5.75 Å². The molecule has 5 nitrogen and oxygen atoms in total. The number of anilines is 1. The summed E-state index contributed by atoms with van der Waals surface area (Å²) in [6.45, 7) is 5.65. The number of carbonyl (C=O) groups excluding carboxylic acids is 1. The van der Waals surface area contributed by atoms with Crippen LogP contribution in [0.1, 0.15) is 6.92 Å². The summed E-state index contributed by atoms with van der Waals surface area (Å²) >= 11 is 0. The van der Waals surface area contributed by atoms with Crippen molar-refractivity contribution in [3.8, 4) is 5.75 Å². The minimum absolute atomic E-state index is 0.0453. The zero-order valence-electron chi connectivity index (χ0n) is 15.0. The van der Waals surface area contributed by atoms with Gasteiger partial charge in [-0.15, -0.1) is 0 Å². The minimum Gasteiger partial charge on any atom is -0.492 e. The maximum Gasteiger partial charge on any atom is 0.328 e. The molecule has 0 atom stereocenters. The van der Waals surface area contributed by atoms with Gasteiger partial charge in [-0.25, -0.2) is 4.79 Å². The molecule has 5 heteroatoms. The minimum atomic E-state index is 0.0453. The number of fused-ring (bicyclic) bond motifs is 1. The van der Waals surface area contributed by atoms with Crippen LogP contribution >= 0.6 is 0 Å². The van der Waals surface area contributed by atoms with E-state index >= 15 is 0 Å². The van der Waals surface area contributed by atoms with Crippen LogP contribution in [0.2, 0.25) is 0 Å². The topological polar surface area (TPSA) is 37.7 Å². The Morgan fingerprint density at radius 3 is 2.50 bits per heavy atom. The fourth-order valence-electron chi connectivity index (χ4n) is 3.54. The molecule has 1 amide bonds. The molecule has 1 aromatic heterocycles. The second-order valence-electron chi connectivity index (χ2n) is 6.40. The van der Waals surface area contributed by atoms with Crippen LogP contribution in [0.3, 0.4) is 0 Å². The van der Waals surface area contributed by atoms with Gasteiger partial charge < -0.3 is 14.5 Å². The Morgan fingerprint density at radius 2 is 1.69 bits per heavy atom. The highest BCUT2D eigenvalue weighted by atomic mass is 16.5. The number of ether oxygens (including phenoxy) is 1. The van der Waals surface area contributed by atoms with Crippen LogP contribution in [0.25, 0.3) is 10.9 Å². The van der Waals surface area contributed by atoms with E-state index in [1.54, 1.807) is 4.57 Å². The average molecular weight is 349 g/mol. The van der Waals surface area contributed by atoms with Crippen molar-refractivity contribution in [1.82, 2.24) is 9.47 Å². The molecule has 0 bridgehead atoms. The predicted molar refractivity (Wildman–Crippen MR) is 104 cm³/mol. The number of benzene rings is 2. The zero-order valence-corrected chi connectivity index (χ0v) is 15.0. The lowest BCUT2D eigenvalue weighted by molar-refractivity contribution is 0.197. The Balaban J connectivity index is 1.48. The molecule has 2 aromatic carbocycles. The molecule has 1 saturated heterocycles. The molecule has 1 aliphatic rings. The van der Waals surface area contributed by atoms with Gasteiger partial charge in [0.15, 0.2) is 0 Å². The summed E-state index contributed by atoms with van der Waals surface area (Å²) in [7, 11) is 0. The predicted octanol–water partition coefficient (Wildman–Crippen LogP) is 3.83. The summed E-state index contributed by atoms with van der Waals surface area (Å²) < 4.78 is 7.49. The van der Waals surface area contributed by atoms with Crippen molar-refractivity contribution in [2.75, 3.05) is 37.7 Å². The van der Waals surface area contributed by atoms with Gasteiger partial charge in [-0.2, -0.15) is 0 Å². The number of hydrogen-bond acceptors (Lipinski definition) is 3. The first-order chi connectivity index (χ1) is 12.8. The van der Waals surface area contributed by atoms with E-state index in [0.717, 1.165) is 35.4 Å². The maximum absolute atomic E-state index is 12.9. The monoisotopic (exact) mass is 349 g/mol. The molecule has 134 valence electrons. The van der Waals surface area contributed by atoms with E-state index in [2.05, 4.69) is 11.0 Å². The van der Waals surface area contributed by atoms with E-state index in [-0.39, 0.29) is 6.03 Å². The van der Waals surface area contributed by atoms with Crippen LogP contribution in [0.5, 0.6) is 5.75 Å². The lowest BCUT2D eigenvalue weighted by atomic mass is 10.2. The molecule has 4 rings (SSSR count). The van der Waals surface area contributed by atoms with E-state index in [1.807, 2.05) is 66.6 Å². The van der Waals surface area contributed by atoms with Crippen LogP contribution in [0.4, 0.5) is 10.5 Å². The molecule has 0 radical (unpaired) electrons. The Bertz CT molecular complexity index is 910. The highest BCUT2D eigenvalue weighted by Crippen LogP contribution is 2.29. The number of para-hydroxylation sites is 3. The fourth-order valence-corrected chi connectivity index (χ4v) is 3.54. The van der Waals surface area contributed by atoms with E-state index in [0.29, 0.717) is 19.7 Å². The number of rotatable bonds is 3. The van der Waals surface area contributed by atoms with E-state index in [9.17, 15) is 4.79 Å². The summed E-state index contributed by atoms with van der Waals surface area (Å²) in [5, 5.41) is 1.09. The Labute approximate surface area is 153 Å². The third-order valence-corrected chi connectivity index (χ3v) is 4.86. The van der Waals surface area contributed by atoms with Crippen LogP contribution in [0.15, 0.2) is 60.8 Å². The molecule has 26 heavy (non-hydrogen) atoms. The van der Waals surface area contributed by atoms with Crippen molar-refractivity contribution in [1.29, 1.82) is 0 Å². The second kappa shape index (κ2) is 7.12. The van der Waals surface area contributed by atoms with E-state index < -0.39 is 0 Å². The lowest BCUT2D eigenvalue weighted by Gasteiger charge is -2.36. The third-order valence-electron chi connectivity index (χ3n) is 4.86. The maximum atomic E-state index is 12.9. The molecule has 0 aliphatic carbocycles. The van der Waals surface area contributed by atoms with Gasteiger partial charge in [0.05, 0.1) is 17.8 Å². The van der Waals surface area contributed by atoms with Gasteiger partial charge in [0.2, 0.25) is 0 Å². The normalized spacial score (nSPS) is 14.7. The first-order valence-corrected chi connectivity index (χ1v) is 9.10. The number of carbonyl (C=O) groups is 1. The van der Waals surface area contributed by atoms with E-state index in [4.69, 9.17) is 4.74 Å². The van der Waals surface area contributed by atoms with Crippen molar-refractivity contribution >= 4 is 22.6 Å². The highest BCUT2D eigenvalue weighted by molar-refractivity contribution is 5.91. The molecule has 0 spiro atoms. The number of aromatic nitrogens is 1. The zero-order chi connectivity index (χ0) is 17.9. The van der Waals surface area contributed by atoms with Crippen molar-refractivity contribution in [3.63, 3.8) is 0 Å². The summed E-state index contributed by atoms with van der Waals surface area (Å²) in [6.07, 6.45) is 1.86. The number of nitrogens with zero attached hydrogens (tertiary/aromatic N) is 3. The van der Waals surface area contributed by atoms with Gasteiger partial charge in [-0.3, -0.25) is 4.57 Å². The average Bonchev–Trinajstić information content (AvgIpc) is 3.12. The van der Waals surface area contributed by atoms with Crippen LogP contribution in [0, 0.1) is 0 Å². The Hall–Kier alpha value is -2.95. The highest BCUT2D eigenvalue weighted by Gasteiger charge is 2.24. The summed E-state index contributed by atoms with van der Waals surface area (Å²) in [5.74, 6) is 0.909. The third kappa shape index (κ3) is 3.01. The van der Waals surface area contributed by atoms with Gasteiger partial charge in [0.25, 0.3) is 0 Å². The van der Waals surface area contributed by atoms with Crippen LogP contribution in [-0.4, -0.2) is 48.3 Å². The molecule has 0 unspecified atom stereocenters. The van der Waals surface area contributed by atoms with Crippen LogP contribution in [-0.2, 0) is 0 Å². The first-order valence-electron chi connectivity index (χ1n) is 9.10. The van der Waals surface area contributed by atoms with Crippen LogP contribution < -0.4 is 9.64 Å². The van der Waals surface area contributed by atoms with Gasteiger partial charge in [0, 0.05) is 37.8 Å². The number of amides is 1. The molecule has 0 saturated carbocycles. The smallest absolute Gasteiger partial charge is 0.328 e. The second-order valence-corrected chi connectivity index (χ2v) is 6.40. The fraction of sp³-hybridized carbons (Fsp3) is 0.286. The molecule has 2 heterocycles. The molecule has 1 aliphatic heterocycles. The molecule has 3 aromatic rings. The van der Waals surface area contributed by atoms with Gasteiger partial charge in [-0.05, 0) is 31.2 Å². The Kier molecular flexibility index (Phi) is 4.52. The van der Waals surface area contributed by atoms with Gasteiger partial charge >= 0.3 is 6.03 Å². The lowest BCUT2D eigenvalue weighted by Crippen LogP contribution is -2.50. The Morgan fingerprint density at radius 1 is 0.962 bits per heavy atom. The quantitative estimate of drug-likeness (QED) is 0.721. The summed E-state index contributed by atoms with van der Waals surface area (Å²) in [5.41, 5.74) is 2.06. The molecule has 0 N–H and O–H groups in total. The SMILES string of the molecule is CCOc1ccccc1N1CCN(C(=O)n2ccc3ccccc32)CC1.